The van der Waals surface area contributed by atoms with Gasteiger partial charge in [-0.15, -0.1) is 0 Å². The van der Waals surface area contributed by atoms with Crippen LogP contribution in [-0.4, -0.2) is 47.5 Å². The highest BCUT2D eigenvalue weighted by molar-refractivity contribution is 7.09. The van der Waals surface area contributed by atoms with E-state index in [1.165, 1.54) is 17.6 Å². The number of hydrogen-bond donors (Lipinski definition) is 0. The van der Waals surface area contributed by atoms with Gasteiger partial charge in [-0.25, -0.2) is 4.98 Å². The number of nitrogens with zero attached hydrogens (tertiary/aromatic N) is 4. The summed E-state index contributed by atoms with van der Waals surface area (Å²) in [5, 5.41) is 0.836. The van der Waals surface area contributed by atoms with Gasteiger partial charge in [0.1, 0.15) is 6.61 Å². The Kier molecular flexibility index (Phi) is 5.55. The fourth-order valence-corrected chi connectivity index (χ4v) is 3.56. The standard InChI is InChI=1S/C16H19F3N4OS/c1-24-11-14-20-15(25-21-14)23-8-6-22(7-9-23)10-12-4-2-3-5-13(12)16(17,18)19/h2-5H,6-11H2,1H3. The van der Waals surface area contributed by atoms with Crippen LogP contribution in [0.5, 0.6) is 0 Å². The molecule has 1 aliphatic rings. The zero-order valence-corrected chi connectivity index (χ0v) is 14.6. The maximum absolute atomic E-state index is 13.1. The number of alkyl halides is 3. The number of ether oxygens (including phenoxy) is 1. The van der Waals surface area contributed by atoms with Gasteiger partial charge in [0.25, 0.3) is 0 Å². The van der Waals surface area contributed by atoms with Crippen LogP contribution >= 0.6 is 11.5 Å². The molecule has 0 atom stereocenters. The molecule has 0 amide bonds. The van der Waals surface area contributed by atoms with Crippen LogP contribution in [0.25, 0.3) is 0 Å². The van der Waals surface area contributed by atoms with E-state index in [1.54, 1.807) is 19.2 Å². The third-order valence-corrected chi connectivity index (χ3v) is 4.91. The van der Waals surface area contributed by atoms with Gasteiger partial charge in [-0.3, -0.25) is 4.90 Å². The molecule has 5 nitrogen and oxygen atoms in total. The molecule has 25 heavy (non-hydrogen) atoms. The van der Waals surface area contributed by atoms with E-state index in [2.05, 4.69) is 14.3 Å². The highest BCUT2D eigenvalue weighted by Crippen LogP contribution is 2.32. The smallest absolute Gasteiger partial charge is 0.377 e. The Morgan fingerprint density at radius 1 is 1.16 bits per heavy atom. The Labute approximate surface area is 148 Å². The Morgan fingerprint density at radius 2 is 1.88 bits per heavy atom. The van der Waals surface area contributed by atoms with Gasteiger partial charge >= 0.3 is 6.18 Å². The van der Waals surface area contributed by atoms with Gasteiger partial charge in [0.2, 0.25) is 5.13 Å². The van der Waals surface area contributed by atoms with E-state index >= 15 is 0 Å². The average molecular weight is 372 g/mol. The summed E-state index contributed by atoms with van der Waals surface area (Å²) in [5.74, 6) is 0.657. The number of piperazine rings is 1. The van der Waals surface area contributed by atoms with E-state index in [0.29, 0.717) is 37.6 Å². The van der Waals surface area contributed by atoms with Crippen molar-refractivity contribution in [1.82, 2.24) is 14.3 Å². The van der Waals surface area contributed by atoms with Gasteiger partial charge < -0.3 is 9.64 Å². The summed E-state index contributed by atoms with van der Waals surface area (Å²) >= 11 is 1.32. The Morgan fingerprint density at radius 3 is 2.56 bits per heavy atom. The zero-order chi connectivity index (χ0) is 17.9. The lowest BCUT2D eigenvalue weighted by Crippen LogP contribution is -2.46. The molecule has 0 unspecified atom stereocenters. The maximum Gasteiger partial charge on any atom is 0.416 e. The van der Waals surface area contributed by atoms with E-state index in [-0.39, 0.29) is 0 Å². The summed E-state index contributed by atoms with van der Waals surface area (Å²) < 4.78 is 48.5. The van der Waals surface area contributed by atoms with Crippen LogP contribution in [0.1, 0.15) is 17.0 Å². The average Bonchev–Trinajstić information content (AvgIpc) is 3.04. The molecule has 0 aliphatic carbocycles. The van der Waals surface area contributed by atoms with E-state index in [1.807, 2.05) is 4.90 Å². The molecule has 0 radical (unpaired) electrons. The second-order valence-electron chi connectivity index (χ2n) is 5.84. The molecule has 0 N–H and O–H groups in total. The lowest BCUT2D eigenvalue weighted by atomic mass is 10.1. The van der Waals surface area contributed by atoms with Crippen LogP contribution in [0.3, 0.4) is 0 Å². The minimum absolute atomic E-state index is 0.300. The topological polar surface area (TPSA) is 41.5 Å². The van der Waals surface area contributed by atoms with Gasteiger partial charge in [-0.1, -0.05) is 18.2 Å². The van der Waals surface area contributed by atoms with E-state index < -0.39 is 11.7 Å². The van der Waals surface area contributed by atoms with Crippen molar-refractivity contribution in [2.75, 3.05) is 38.2 Å². The van der Waals surface area contributed by atoms with Gasteiger partial charge in [0.15, 0.2) is 5.82 Å². The second kappa shape index (κ2) is 7.67. The molecule has 0 bridgehead atoms. The Hall–Kier alpha value is -1.71. The lowest BCUT2D eigenvalue weighted by molar-refractivity contribution is -0.138. The first-order chi connectivity index (χ1) is 12.0. The third kappa shape index (κ3) is 4.47. The molecule has 0 spiro atoms. The molecular formula is C16H19F3N4OS. The van der Waals surface area contributed by atoms with E-state index in [0.717, 1.165) is 24.3 Å². The summed E-state index contributed by atoms with van der Waals surface area (Å²) in [6, 6.07) is 5.78. The normalized spacial score (nSPS) is 16.4. The van der Waals surface area contributed by atoms with E-state index in [4.69, 9.17) is 4.74 Å². The van der Waals surface area contributed by atoms with E-state index in [9.17, 15) is 13.2 Å². The molecule has 3 rings (SSSR count). The number of aromatic nitrogens is 2. The van der Waals surface area contributed by atoms with Crippen molar-refractivity contribution < 1.29 is 17.9 Å². The van der Waals surface area contributed by atoms with Crippen molar-refractivity contribution in [3.05, 3.63) is 41.2 Å². The second-order valence-corrected chi connectivity index (χ2v) is 6.57. The molecule has 1 aliphatic heterocycles. The molecule has 136 valence electrons. The van der Waals surface area contributed by atoms with Crippen LogP contribution in [0.15, 0.2) is 24.3 Å². The summed E-state index contributed by atoms with van der Waals surface area (Å²) in [4.78, 5) is 8.57. The number of benzene rings is 1. The predicted molar refractivity (Wildman–Crippen MR) is 89.6 cm³/mol. The Bertz CT molecular complexity index is 699. The van der Waals surface area contributed by atoms with Crippen molar-refractivity contribution in [3.8, 4) is 0 Å². The van der Waals surface area contributed by atoms with Crippen molar-refractivity contribution in [2.24, 2.45) is 0 Å². The van der Waals surface area contributed by atoms with Crippen LogP contribution in [0.4, 0.5) is 18.3 Å². The fraction of sp³-hybridized carbons (Fsp3) is 0.500. The lowest BCUT2D eigenvalue weighted by Gasteiger charge is -2.34. The number of methoxy groups -OCH3 is 1. The molecule has 9 heteroatoms. The van der Waals surface area contributed by atoms with Gasteiger partial charge in [-0.05, 0) is 11.6 Å². The van der Waals surface area contributed by atoms with Crippen molar-refractivity contribution in [1.29, 1.82) is 0 Å². The zero-order valence-electron chi connectivity index (χ0n) is 13.8. The number of rotatable bonds is 5. The molecule has 1 aromatic heterocycles. The maximum atomic E-state index is 13.1. The van der Waals surface area contributed by atoms with Crippen LogP contribution in [0.2, 0.25) is 0 Å². The first-order valence-corrected chi connectivity index (χ1v) is 8.68. The third-order valence-electron chi connectivity index (χ3n) is 4.09. The minimum atomic E-state index is -4.32. The van der Waals surface area contributed by atoms with Crippen molar-refractivity contribution in [3.63, 3.8) is 0 Å². The molecule has 1 aromatic carbocycles. The molecule has 0 saturated carbocycles. The monoisotopic (exact) mass is 372 g/mol. The van der Waals surface area contributed by atoms with Crippen LogP contribution in [-0.2, 0) is 24.1 Å². The molecule has 2 heterocycles. The molecule has 2 aromatic rings. The van der Waals surface area contributed by atoms with Crippen molar-refractivity contribution in [2.45, 2.75) is 19.3 Å². The van der Waals surface area contributed by atoms with Crippen LogP contribution in [0, 0.1) is 0 Å². The number of hydrogen-bond acceptors (Lipinski definition) is 6. The van der Waals surface area contributed by atoms with Crippen LogP contribution < -0.4 is 4.90 Å². The first kappa shape index (κ1) is 18.1. The Balaban J connectivity index is 1.60. The predicted octanol–water partition coefficient (Wildman–Crippen LogP) is 3.03. The van der Waals surface area contributed by atoms with Gasteiger partial charge in [0, 0.05) is 51.4 Å². The number of anilines is 1. The number of halogens is 3. The summed E-state index contributed by atoms with van der Waals surface area (Å²) in [6.07, 6.45) is -4.32. The molecular weight excluding hydrogens is 353 g/mol. The minimum Gasteiger partial charge on any atom is -0.377 e. The van der Waals surface area contributed by atoms with Crippen molar-refractivity contribution >= 4 is 16.7 Å². The highest BCUT2D eigenvalue weighted by Gasteiger charge is 2.33. The largest absolute Gasteiger partial charge is 0.416 e. The highest BCUT2D eigenvalue weighted by atomic mass is 32.1. The molecule has 1 saturated heterocycles. The van der Waals surface area contributed by atoms with Gasteiger partial charge in [0.05, 0.1) is 5.56 Å². The summed E-state index contributed by atoms with van der Waals surface area (Å²) in [5.41, 5.74) is -0.229. The SMILES string of the molecule is COCc1nsc(N2CCN(Cc3ccccc3C(F)(F)F)CC2)n1. The summed E-state index contributed by atoms with van der Waals surface area (Å²) in [7, 11) is 1.60. The van der Waals surface area contributed by atoms with Gasteiger partial charge in [-0.2, -0.15) is 17.5 Å². The quantitative estimate of drug-likeness (QED) is 0.807. The molecule has 1 fully saturated rings. The first-order valence-electron chi connectivity index (χ1n) is 7.91. The fourth-order valence-electron chi connectivity index (χ4n) is 2.83. The summed E-state index contributed by atoms with van der Waals surface area (Å²) in [6.45, 7) is 3.49.